The van der Waals surface area contributed by atoms with E-state index in [-0.39, 0.29) is 5.91 Å². The standard InChI is InChI=1S/C9H7BrN2O2/c10-7-3-5-6(4-11-7)14-9(1-2-9)8(13)12-5/h3-4H,1-2H2,(H,12,13). The first kappa shape index (κ1) is 8.23. The van der Waals surface area contributed by atoms with E-state index in [1.165, 1.54) is 0 Å². The highest BCUT2D eigenvalue weighted by atomic mass is 79.9. The number of carbonyl (C=O) groups is 1. The second-order valence-corrected chi connectivity index (χ2v) is 4.37. The minimum absolute atomic E-state index is 0.0388. The zero-order chi connectivity index (χ0) is 9.76. The van der Waals surface area contributed by atoms with E-state index in [0.29, 0.717) is 16.0 Å². The van der Waals surface area contributed by atoms with Crippen LogP contribution in [0.3, 0.4) is 0 Å². The lowest BCUT2D eigenvalue weighted by Crippen LogP contribution is -2.39. The first-order valence-corrected chi connectivity index (χ1v) is 5.15. The maximum atomic E-state index is 11.6. The smallest absolute Gasteiger partial charge is 0.268 e. The summed E-state index contributed by atoms with van der Waals surface area (Å²) in [4.78, 5) is 15.6. The molecule has 0 unspecified atom stereocenters. The Kier molecular flexibility index (Phi) is 1.45. The number of hydrogen-bond donors (Lipinski definition) is 1. The van der Waals surface area contributed by atoms with Crippen LogP contribution in [0.15, 0.2) is 16.9 Å². The van der Waals surface area contributed by atoms with E-state index in [0.717, 1.165) is 12.8 Å². The van der Waals surface area contributed by atoms with Crippen LogP contribution < -0.4 is 10.1 Å². The van der Waals surface area contributed by atoms with Crippen molar-refractivity contribution in [2.75, 3.05) is 5.32 Å². The molecule has 5 heteroatoms. The van der Waals surface area contributed by atoms with Gasteiger partial charge in [0, 0.05) is 12.8 Å². The molecular formula is C9H7BrN2O2. The second-order valence-electron chi connectivity index (χ2n) is 3.55. The quantitative estimate of drug-likeness (QED) is 0.718. The third-order valence-electron chi connectivity index (χ3n) is 2.51. The number of aromatic nitrogens is 1. The first-order chi connectivity index (χ1) is 6.70. The molecule has 0 radical (unpaired) electrons. The third kappa shape index (κ3) is 1.05. The van der Waals surface area contributed by atoms with E-state index >= 15 is 0 Å². The highest BCUT2D eigenvalue weighted by Gasteiger charge is 2.55. The number of nitrogens with one attached hydrogen (secondary N) is 1. The molecule has 1 fully saturated rings. The van der Waals surface area contributed by atoms with Crippen LogP contribution in [0.4, 0.5) is 5.69 Å². The van der Waals surface area contributed by atoms with Crippen LogP contribution in [0, 0.1) is 0 Å². The van der Waals surface area contributed by atoms with Gasteiger partial charge in [0.1, 0.15) is 4.60 Å². The molecule has 0 bridgehead atoms. The summed E-state index contributed by atoms with van der Waals surface area (Å²) in [5.41, 5.74) is 0.108. The molecule has 1 amide bonds. The topological polar surface area (TPSA) is 51.2 Å². The molecule has 1 aromatic heterocycles. The average Bonchev–Trinajstić information content (AvgIpc) is 2.89. The van der Waals surface area contributed by atoms with Gasteiger partial charge in [-0.1, -0.05) is 0 Å². The number of nitrogens with zero attached hydrogens (tertiary/aromatic N) is 1. The number of amides is 1. The molecular weight excluding hydrogens is 248 g/mol. The van der Waals surface area contributed by atoms with Gasteiger partial charge in [0.2, 0.25) is 0 Å². The molecule has 4 nitrogen and oxygen atoms in total. The molecule has 72 valence electrons. The molecule has 2 aliphatic rings. The van der Waals surface area contributed by atoms with Crippen molar-refractivity contribution in [2.45, 2.75) is 18.4 Å². The van der Waals surface area contributed by atoms with Crippen molar-refractivity contribution in [3.63, 3.8) is 0 Å². The van der Waals surface area contributed by atoms with Crippen LogP contribution in [-0.4, -0.2) is 16.5 Å². The minimum Gasteiger partial charge on any atom is -0.474 e. The van der Waals surface area contributed by atoms with Gasteiger partial charge >= 0.3 is 0 Å². The molecule has 1 spiro atoms. The Morgan fingerprint density at radius 3 is 3.07 bits per heavy atom. The Morgan fingerprint density at radius 2 is 2.36 bits per heavy atom. The third-order valence-corrected chi connectivity index (χ3v) is 2.94. The van der Waals surface area contributed by atoms with Crippen LogP contribution in [0.1, 0.15) is 12.8 Å². The van der Waals surface area contributed by atoms with Gasteiger partial charge in [-0.3, -0.25) is 4.79 Å². The molecule has 0 saturated heterocycles. The lowest BCUT2D eigenvalue weighted by molar-refractivity contribution is -0.125. The van der Waals surface area contributed by atoms with Gasteiger partial charge < -0.3 is 10.1 Å². The fourth-order valence-corrected chi connectivity index (χ4v) is 1.86. The van der Waals surface area contributed by atoms with Crippen molar-refractivity contribution in [1.82, 2.24) is 4.98 Å². The molecule has 14 heavy (non-hydrogen) atoms. The Labute approximate surface area is 88.8 Å². The summed E-state index contributed by atoms with van der Waals surface area (Å²) in [6.07, 6.45) is 3.22. The Balaban J connectivity index is 2.06. The summed E-state index contributed by atoms with van der Waals surface area (Å²) in [5, 5.41) is 2.82. The van der Waals surface area contributed by atoms with Gasteiger partial charge in [0.15, 0.2) is 11.4 Å². The largest absolute Gasteiger partial charge is 0.474 e. The van der Waals surface area contributed by atoms with E-state index in [1.807, 2.05) is 0 Å². The van der Waals surface area contributed by atoms with E-state index < -0.39 is 5.60 Å². The number of fused-ring (bicyclic) bond motifs is 1. The summed E-state index contributed by atoms with van der Waals surface area (Å²) < 4.78 is 6.29. The molecule has 3 rings (SSSR count). The number of anilines is 1. The van der Waals surface area contributed by atoms with Crippen molar-refractivity contribution in [3.8, 4) is 5.75 Å². The van der Waals surface area contributed by atoms with Crippen LogP contribution in [0.2, 0.25) is 0 Å². The molecule has 1 aliphatic carbocycles. The van der Waals surface area contributed by atoms with Crippen LogP contribution in [0.5, 0.6) is 5.75 Å². The summed E-state index contributed by atoms with van der Waals surface area (Å²) in [5.74, 6) is 0.619. The van der Waals surface area contributed by atoms with Crippen molar-refractivity contribution < 1.29 is 9.53 Å². The number of rotatable bonds is 0. The average molecular weight is 255 g/mol. The molecule has 0 atom stereocenters. The predicted octanol–water partition coefficient (Wildman–Crippen LogP) is 1.71. The summed E-state index contributed by atoms with van der Waals surface area (Å²) in [6, 6.07) is 1.74. The zero-order valence-corrected chi connectivity index (χ0v) is 8.80. The van der Waals surface area contributed by atoms with Crippen LogP contribution in [0.25, 0.3) is 0 Å². The van der Waals surface area contributed by atoms with Gasteiger partial charge in [-0.25, -0.2) is 4.98 Å². The summed E-state index contributed by atoms with van der Waals surface area (Å²) in [7, 11) is 0. The molecule has 1 N–H and O–H groups in total. The van der Waals surface area contributed by atoms with E-state index in [1.54, 1.807) is 12.3 Å². The highest BCUT2D eigenvalue weighted by molar-refractivity contribution is 9.10. The number of ether oxygens (including phenoxy) is 1. The number of hydrogen-bond acceptors (Lipinski definition) is 3. The molecule has 2 heterocycles. The van der Waals surface area contributed by atoms with Crippen LogP contribution in [-0.2, 0) is 4.79 Å². The SMILES string of the molecule is O=C1Nc2cc(Br)ncc2OC12CC2. The van der Waals surface area contributed by atoms with Gasteiger partial charge in [0.05, 0.1) is 11.9 Å². The van der Waals surface area contributed by atoms with Gasteiger partial charge in [-0.2, -0.15) is 0 Å². The fraction of sp³-hybridized carbons (Fsp3) is 0.333. The van der Waals surface area contributed by atoms with Crippen molar-refractivity contribution in [2.24, 2.45) is 0 Å². The molecule has 0 aromatic carbocycles. The number of halogens is 1. The van der Waals surface area contributed by atoms with Crippen molar-refractivity contribution in [3.05, 3.63) is 16.9 Å². The first-order valence-electron chi connectivity index (χ1n) is 4.36. The van der Waals surface area contributed by atoms with E-state index in [4.69, 9.17) is 4.74 Å². The normalized spacial score (nSPS) is 21.1. The number of pyridine rings is 1. The Morgan fingerprint density at radius 1 is 1.57 bits per heavy atom. The molecule has 1 saturated carbocycles. The Bertz CT molecular complexity index is 429. The fourth-order valence-electron chi connectivity index (χ4n) is 1.53. The van der Waals surface area contributed by atoms with Crippen molar-refractivity contribution in [1.29, 1.82) is 0 Å². The molecule has 1 aliphatic heterocycles. The summed E-state index contributed by atoms with van der Waals surface area (Å²) >= 11 is 3.24. The molecule has 1 aromatic rings. The maximum absolute atomic E-state index is 11.6. The summed E-state index contributed by atoms with van der Waals surface area (Å²) in [6.45, 7) is 0. The maximum Gasteiger partial charge on any atom is 0.268 e. The lowest BCUT2D eigenvalue weighted by atomic mass is 10.2. The van der Waals surface area contributed by atoms with E-state index in [9.17, 15) is 4.79 Å². The lowest BCUT2D eigenvalue weighted by Gasteiger charge is -2.25. The van der Waals surface area contributed by atoms with E-state index in [2.05, 4.69) is 26.2 Å². The highest BCUT2D eigenvalue weighted by Crippen LogP contribution is 2.46. The monoisotopic (exact) mass is 254 g/mol. The minimum atomic E-state index is -0.581. The van der Waals surface area contributed by atoms with Crippen LogP contribution >= 0.6 is 15.9 Å². The number of carbonyl (C=O) groups excluding carboxylic acids is 1. The Hall–Kier alpha value is -1.10. The van der Waals surface area contributed by atoms with Gasteiger partial charge in [-0.15, -0.1) is 0 Å². The van der Waals surface area contributed by atoms with Crippen molar-refractivity contribution >= 4 is 27.5 Å². The predicted molar refractivity (Wildman–Crippen MR) is 53.2 cm³/mol. The zero-order valence-electron chi connectivity index (χ0n) is 7.21. The van der Waals surface area contributed by atoms with Gasteiger partial charge in [-0.05, 0) is 22.0 Å². The second kappa shape index (κ2) is 2.48. The van der Waals surface area contributed by atoms with Gasteiger partial charge in [0.25, 0.3) is 5.91 Å².